The first-order chi connectivity index (χ1) is 12.9. The van der Waals surface area contributed by atoms with Gasteiger partial charge in [-0.2, -0.15) is 0 Å². The Morgan fingerprint density at radius 2 is 2.00 bits per heavy atom. The molecule has 5 N–H and O–H groups in total. The van der Waals surface area contributed by atoms with Crippen LogP contribution in [0.4, 0.5) is 5.69 Å². The average Bonchev–Trinajstić information content (AvgIpc) is 3.19. The first-order valence-electron chi connectivity index (χ1n) is 9.32. The van der Waals surface area contributed by atoms with E-state index in [4.69, 9.17) is 5.73 Å². The van der Waals surface area contributed by atoms with Crippen LogP contribution < -0.4 is 16.4 Å². The highest BCUT2D eigenvalue weighted by Crippen LogP contribution is 2.49. The van der Waals surface area contributed by atoms with Crippen LogP contribution in [-0.2, 0) is 24.7 Å². The number of nitrogens with zero attached hydrogens (tertiary/aromatic N) is 1. The van der Waals surface area contributed by atoms with Gasteiger partial charge in [0.05, 0.1) is 12.1 Å². The minimum absolute atomic E-state index is 0.0565. The monoisotopic (exact) mass is 371 g/mol. The standard InChI is InChI=1S/C19H22N4O4/c1-2-3-8-23-16(25)14-12(9-13(20)24)22-19(15(14)17(23)26)10-6-4-5-7-11(10)21-18(19)27/h4-7,12,14-15,22H,2-3,8-9H2,1H3,(H2,20,24)(H,21,27)/p+1/t12-,14-,15+,19-/m1/s1. The summed E-state index contributed by atoms with van der Waals surface area (Å²) in [6.07, 6.45) is 1.49. The molecular weight excluding hydrogens is 348 g/mol. The van der Waals surface area contributed by atoms with Crippen LogP contribution in [0.5, 0.6) is 0 Å². The summed E-state index contributed by atoms with van der Waals surface area (Å²) in [7, 11) is 0. The molecule has 142 valence electrons. The zero-order valence-electron chi connectivity index (χ0n) is 15.1. The second-order valence-corrected chi connectivity index (χ2v) is 7.55. The van der Waals surface area contributed by atoms with E-state index >= 15 is 0 Å². The number of anilines is 1. The first kappa shape index (κ1) is 17.7. The van der Waals surface area contributed by atoms with Crippen molar-refractivity contribution in [2.75, 3.05) is 11.9 Å². The number of hydrogen-bond donors (Lipinski definition) is 3. The third kappa shape index (κ3) is 2.32. The number of quaternary nitrogens is 1. The molecule has 0 aromatic heterocycles. The predicted octanol–water partition coefficient (Wildman–Crippen LogP) is -0.944. The number of imide groups is 1. The van der Waals surface area contributed by atoms with Crippen molar-refractivity contribution in [3.63, 3.8) is 0 Å². The van der Waals surface area contributed by atoms with Gasteiger partial charge in [-0.25, -0.2) is 0 Å². The van der Waals surface area contributed by atoms with Crippen molar-refractivity contribution < 1.29 is 24.5 Å². The number of unbranched alkanes of at least 4 members (excludes halogenated alkanes) is 1. The van der Waals surface area contributed by atoms with Gasteiger partial charge in [-0.15, -0.1) is 0 Å². The summed E-state index contributed by atoms with van der Waals surface area (Å²) in [5.74, 6) is -3.03. The Hall–Kier alpha value is -2.74. The van der Waals surface area contributed by atoms with Gasteiger partial charge in [0.25, 0.3) is 5.91 Å². The smallest absolute Gasteiger partial charge is 0.291 e. The molecule has 3 heterocycles. The highest BCUT2D eigenvalue weighted by atomic mass is 16.2. The number of carbonyl (C=O) groups is 4. The lowest BCUT2D eigenvalue weighted by molar-refractivity contribution is -0.732. The van der Waals surface area contributed by atoms with E-state index < -0.39 is 29.3 Å². The van der Waals surface area contributed by atoms with Gasteiger partial charge in [0.2, 0.25) is 23.3 Å². The molecule has 1 aromatic carbocycles. The van der Waals surface area contributed by atoms with Crippen LogP contribution in [0.1, 0.15) is 31.7 Å². The largest absolute Gasteiger partial charge is 0.369 e. The lowest BCUT2D eigenvalue weighted by Gasteiger charge is -2.26. The number of benzene rings is 1. The summed E-state index contributed by atoms with van der Waals surface area (Å²) in [6, 6.07) is 6.66. The van der Waals surface area contributed by atoms with E-state index in [2.05, 4.69) is 5.32 Å². The number of amides is 4. The van der Waals surface area contributed by atoms with Crippen molar-refractivity contribution in [2.45, 2.75) is 37.8 Å². The molecule has 4 atom stereocenters. The highest BCUT2D eigenvalue weighted by molar-refractivity contribution is 6.14. The van der Waals surface area contributed by atoms with Crippen LogP contribution >= 0.6 is 0 Å². The molecule has 0 aliphatic carbocycles. The van der Waals surface area contributed by atoms with E-state index in [1.807, 2.05) is 6.92 Å². The fraction of sp³-hybridized carbons (Fsp3) is 0.474. The number of likely N-dealkylation sites (tertiary alicyclic amines) is 1. The van der Waals surface area contributed by atoms with Gasteiger partial charge in [0.1, 0.15) is 17.9 Å². The number of rotatable bonds is 5. The molecule has 8 heteroatoms. The number of nitrogens with two attached hydrogens (primary N) is 2. The van der Waals surface area contributed by atoms with Gasteiger partial charge in [-0.3, -0.25) is 24.1 Å². The molecule has 2 saturated heterocycles. The Balaban J connectivity index is 1.83. The average molecular weight is 371 g/mol. The molecule has 1 spiro atoms. The summed E-state index contributed by atoms with van der Waals surface area (Å²) in [6.45, 7) is 2.32. The molecular formula is C19H23N4O4+. The zero-order chi connectivity index (χ0) is 19.3. The van der Waals surface area contributed by atoms with E-state index in [9.17, 15) is 19.2 Å². The lowest BCUT2D eigenvalue weighted by atomic mass is 9.76. The molecule has 0 saturated carbocycles. The molecule has 0 unspecified atom stereocenters. The van der Waals surface area contributed by atoms with Crippen LogP contribution in [-0.4, -0.2) is 41.1 Å². The molecule has 0 radical (unpaired) electrons. The minimum atomic E-state index is -1.23. The van der Waals surface area contributed by atoms with Crippen LogP contribution in [0.25, 0.3) is 0 Å². The summed E-state index contributed by atoms with van der Waals surface area (Å²) in [5, 5.41) is 4.57. The molecule has 2 fully saturated rings. The molecule has 0 bridgehead atoms. The quantitative estimate of drug-likeness (QED) is 0.577. The number of para-hydroxylation sites is 1. The summed E-state index contributed by atoms with van der Waals surface area (Å²) in [4.78, 5) is 52.2. The molecule has 8 nitrogen and oxygen atoms in total. The number of nitrogens with one attached hydrogen (secondary N) is 1. The number of fused-ring (bicyclic) bond motifs is 4. The fourth-order valence-corrected chi connectivity index (χ4v) is 4.94. The van der Waals surface area contributed by atoms with E-state index in [0.717, 1.165) is 6.42 Å². The second kappa shape index (κ2) is 6.16. The fourth-order valence-electron chi connectivity index (χ4n) is 4.94. The Bertz CT molecular complexity index is 854. The van der Waals surface area contributed by atoms with Crippen molar-refractivity contribution in [2.24, 2.45) is 17.6 Å². The van der Waals surface area contributed by atoms with E-state index in [-0.39, 0.29) is 24.1 Å². The summed E-state index contributed by atoms with van der Waals surface area (Å²) in [5.41, 5.74) is 5.50. The van der Waals surface area contributed by atoms with Crippen molar-refractivity contribution in [1.29, 1.82) is 0 Å². The minimum Gasteiger partial charge on any atom is -0.369 e. The number of carbonyl (C=O) groups excluding carboxylic acids is 4. The molecule has 3 aliphatic rings. The molecule has 27 heavy (non-hydrogen) atoms. The second-order valence-electron chi connectivity index (χ2n) is 7.55. The Labute approximate surface area is 156 Å². The van der Waals surface area contributed by atoms with Crippen molar-refractivity contribution in [1.82, 2.24) is 4.90 Å². The van der Waals surface area contributed by atoms with E-state index in [1.165, 1.54) is 4.90 Å². The van der Waals surface area contributed by atoms with Gasteiger partial charge in [0, 0.05) is 12.1 Å². The van der Waals surface area contributed by atoms with Gasteiger partial charge in [-0.05, 0) is 12.5 Å². The molecule has 1 aromatic rings. The van der Waals surface area contributed by atoms with Crippen molar-refractivity contribution in [3.8, 4) is 0 Å². The SMILES string of the molecule is CCCCN1C(=O)[C@H]2[C@@H](C1=O)[C@@]1([NH2+][C@@H]2CC(N)=O)C(=O)Nc2ccccc21. The molecule has 4 rings (SSSR count). The van der Waals surface area contributed by atoms with Crippen LogP contribution in [0.3, 0.4) is 0 Å². The van der Waals surface area contributed by atoms with Gasteiger partial charge in [0.15, 0.2) is 0 Å². The summed E-state index contributed by atoms with van der Waals surface area (Å²) < 4.78 is 0. The zero-order valence-corrected chi connectivity index (χ0v) is 15.1. The molecule has 3 aliphatic heterocycles. The third-order valence-corrected chi connectivity index (χ3v) is 6.04. The van der Waals surface area contributed by atoms with Gasteiger partial charge in [-0.1, -0.05) is 31.5 Å². The van der Waals surface area contributed by atoms with Crippen molar-refractivity contribution in [3.05, 3.63) is 29.8 Å². The maximum absolute atomic E-state index is 13.2. The Kier molecular flexibility index (Phi) is 4.03. The number of hydrogen-bond acceptors (Lipinski definition) is 4. The van der Waals surface area contributed by atoms with Gasteiger partial charge >= 0.3 is 0 Å². The number of primary amides is 1. The molecule has 4 amide bonds. The van der Waals surface area contributed by atoms with Crippen LogP contribution in [0.15, 0.2) is 24.3 Å². The van der Waals surface area contributed by atoms with Crippen molar-refractivity contribution >= 4 is 29.3 Å². The Morgan fingerprint density at radius 3 is 2.70 bits per heavy atom. The maximum atomic E-state index is 13.2. The lowest BCUT2D eigenvalue weighted by Crippen LogP contribution is -2.99. The van der Waals surface area contributed by atoms with Crippen LogP contribution in [0.2, 0.25) is 0 Å². The van der Waals surface area contributed by atoms with E-state index in [0.29, 0.717) is 24.2 Å². The Morgan fingerprint density at radius 1 is 1.26 bits per heavy atom. The first-order valence-corrected chi connectivity index (χ1v) is 9.32. The third-order valence-electron chi connectivity index (χ3n) is 6.04. The highest BCUT2D eigenvalue weighted by Gasteiger charge is 2.74. The topological polar surface area (TPSA) is 126 Å². The van der Waals surface area contributed by atoms with Gasteiger partial charge < -0.3 is 16.4 Å². The van der Waals surface area contributed by atoms with E-state index in [1.54, 1.807) is 29.6 Å². The normalized spacial score (nSPS) is 31.4. The van der Waals surface area contributed by atoms with Crippen LogP contribution in [0, 0.1) is 11.8 Å². The summed E-state index contributed by atoms with van der Waals surface area (Å²) >= 11 is 0. The predicted molar refractivity (Wildman–Crippen MR) is 94.9 cm³/mol. The maximum Gasteiger partial charge on any atom is 0.291 e.